The molecule has 1 N–H and O–H groups in total. The lowest BCUT2D eigenvalue weighted by atomic mass is 9.98. The minimum Gasteiger partial charge on any atom is -0.491 e. The predicted molar refractivity (Wildman–Crippen MR) is 135 cm³/mol. The Balaban J connectivity index is 1.61. The molecule has 0 spiro atoms. The van der Waals surface area contributed by atoms with E-state index in [0.717, 1.165) is 30.6 Å². The number of nitrogens with one attached hydrogen (secondary N) is 1. The number of carbonyl (C=O) groups is 1. The maximum absolute atomic E-state index is 13.1. The summed E-state index contributed by atoms with van der Waals surface area (Å²) in [6, 6.07) is 25.9. The summed E-state index contributed by atoms with van der Waals surface area (Å²) in [7, 11) is 0. The van der Waals surface area contributed by atoms with Gasteiger partial charge in [0.05, 0.1) is 12.3 Å². The molecule has 0 radical (unpaired) electrons. The summed E-state index contributed by atoms with van der Waals surface area (Å²) in [6.45, 7) is 6.87. The van der Waals surface area contributed by atoms with E-state index >= 15 is 0 Å². The molecule has 0 saturated heterocycles. The van der Waals surface area contributed by atoms with E-state index in [1.165, 1.54) is 5.56 Å². The summed E-state index contributed by atoms with van der Waals surface area (Å²) in [5.74, 6) is 1.65. The van der Waals surface area contributed by atoms with Crippen molar-refractivity contribution < 1.29 is 14.3 Å². The molecule has 2 unspecified atom stereocenters. The van der Waals surface area contributed by atoms with Crippen LogP contribution in [0.15, 0.2) is 78.9 Å². The minimum absolute atomic E-state index is 0.170. The molecular weight excluding hydrogens is 410 g/mol. The van der Waals surface area contributed by atoms with E-state index in [1.54, 1.807) is 0 Å². The summed E-state index contributed by atoms with van der Waals surface area (Å²) >= 11 is 0. The molecule has 0 heterocycles. The lowest BCUT2D eigenvalue weighted by molar-refractivity contribution is -0.122. The van der Waals surface area contributed by atoms with Crippen LogP contribution >= 0.6 is 0 Å². The van der Waals surface area contributed by atoms with Gasteiger partial charge in [0.15, 0.2) is 6.10 Å². The van der Waals surface area contributed by atoms with E-state index in [4.69, 9.17) is 9.47 Å². The first kappa shape index (κ1) is 24.4. The molecule has 2 atom stereocenters. The van der Waals surface area contributed by atoms with Crippen molar-refractivity contribution in [3.63, 3.8) is 0 Å². The zero-order valence-corrected chi connectivity index (χ0v) is 19.9. The Hall–Kier alpha value is -3.27. The van der Waals surface area contributed by atoms with Crippen molar-refractivity contribution in [1.29, 1.82) is 0 Å². The first-order valence-electron chi connectivity index (χ1n) is 11.9. The fourth-order valence-corrected chi connectivity index (χ4v) is 3.70. The smallest absolute Gasteiger partial charge is 0.265 e. The molecule has 174 valence electrons. The van der Waals surface area contributed by atoms with Crippen LogP contribution in [0.4, 0.5) is 5.69 Å². The summed E-state index contributed by atoms with van der Waals surface area (Å²) in [6.07, 6.45) is 2.86. The number of para-hydroxylation sites is 3. The molecule has 4 nitrogen and oxygen atoms in total. The molecule has 0 bridgehead atoms. The van der Waals surface area contributed by atoms with Gasteiger partial charge in [-0.25, -0.2) is 0 Å². The van der Waals surface area contributed by atoms with Gasteiger partial charge in [0, 0.05) is 0 Å². The van der Waals surface area contributed by atoms with E-state index in [0.29, 0.717) is 30.4 Å². The van der Waals surface area contributed by atoms with Crippen molar-refractivity contribution in [2.45, 2.75) is 58.5 Å². The van der Waals surface area contributed by atoms with Crippen molar-refractivity contribution >= 4 is 11.6 Å². The number of benzene rings is 3. The standard InChI is InChI=1S/C29H35NO3/c1-4-22(3)24-17-9-11-19-27(24)33-26(5-2)29(31)30-25-18-10-12-20-28(25)32-21-13-16-23-14-7-6-8-15-23/h6-12,14-15,17-20,22,26H,4-5,13,16,21H2,1-3H3,(H,30,31). The molecule has 3 aromatic rings. The molecule has 1 amide bonds. The number of carbonyl (C=O) groups excluding carboxylic acids is 1. The number of ether oxygens (including phenoxy) is 2. The second kappa shape index (κ2) is 12.7. The third kappa shape index (κ3) is 7.11. The van der Waals surface area contributed by atoms with Crippen LogP contribution in [0.1, 0.15) is 57.1 Å². The van der Waals surface area contributed by atoms with E-state index in [-0.39, 0.29) is 5.91 Å². The minimum atomic E-state index is -0.582. The van der Waals surface area contributed by atoms with Crippen LogP contribution in [0.25, 0.3) is 0 Å². The molecule has 0 aromatic heterocycles. The highest BCUT2D eigenvalue weighted by Crippen LogP contribution is 2.30. The van der Waals surface area contributed by atoms with Gasteiger partial charge in [0.1, 0.15) is 11.5 Å². The largest absolute Gasteiger partial charge is 0.491 e. The summed E-state index contributed by atoms with van der Waals surface area (Å²) in [4.78, 5) is 13.1. The number of rotatable bonds is 12. The number of aryl methyl sites for hydroxylation is 1. The summed E-state index contributed by atoms with van der Waals surface area (Å²) < 4.78 is 12.2. The first-order chi connectivity index (χ1) is 16.1. The van der Waals surface area contributed by atoms with Gasteiger partial charge in [-0.2, -0.15) is 0 Å². The van der Waals surface area contributed by atoms with Gasteiger partial charge in [0.2, 0.25) is 0 Å². The average Bonchev–Trinajstić information content (AvgIpc) is 2.86. The molecule has 3 aromatic carbocycles. The Morgan fingerprint density at radius 3 is 2.24 bits per heavy atom. The highest BCUT2D eigenvalue weighted by atomic mass is 16.5. The van der Waals surface area contributed by atoms with Gasteiger partial charge in [-0.15, -0.1) is 0 Å². The Labute approximate surface area is 197 Å². The maximum atomic E-state index is 13.1. The Bertz CT molecular complexity index is 1000. The van der Waals surface area contributed by atoms with Crippen LogP contribution in [-0.4, -0.2) is 18.6 Å². The highest BCUT2D eigenvalue weighted by Gasteiger charge is 2.22. The van der Waals surface area contributed by atoms with Crippen LogP contribution in [0, 0.1) is 0 Å². The molecule has 0 aliphatic rings. The Kier molecular flexibility index (Phi) is 9.37. The molecule has 0 aliphatic heterocycles. The van der Waals surface area contributed by atoms with Crippen molar-refractivity contribution in [3.05, 3.63) is 90.0 Å². The van der Waals surface area contributed by atoms with Crippen LogP contribution in [-0.2, 0) is 11.2 Å². The summed E-state index contributed by atoms with van der Waals surface area (Å²) in [5, 5.41) is 3.01. The van der Waals surface area contributed by atoms with E-state index in [9.17, 15) is 4.79 Å². The number of hydrogen-bond donors (Lipinski definition) is 1. The average molecular weight is 446 g/mol. The fraction of sp³-hybridized carbons (Fsp3) is 0.345. The summed E-state index contributed by atoms with van der Waals surface area (Å²) in [5.41, 5.74) is 3.09. The van der Waals surface area contributed by atoms with Gasteiger partial charge < -0.3 is 14.8 Å². The third-order valence-corrected chi connectivity index (χ3v) is 5.85. The molecule has 0 fully saturated rings. The van der Waals surface area contributed by atoms with Crippen molar-refractivity contribution in [3.8, 4) is 11.5 Å². The zero-order valence-electron chi connectivity index (χ0n) is 19.9. The third-order valence-electron chi connectivity index (χ3n) is 5.85. The molecule has 0 aliphatic carbocycles. The van der Waals surface area contributed by atoms with E-state index < -0.39 is 6.10 Å². The molecule has 4 heteroatoms. The van der Waals surface area contributed by atoms with Crippen LogP contribution < -0.4 is 14.8 Å². The predicted octanol–water partition coefficient (Wildman–Crippen LogP) is 7.01. The quantitative estimate of drug-likeness (QED) is 0.305. The molecule has 0 saturated carbocycles. The first-order valence-corrected chi connectivity index (χ1v) is 11.9. The number of anilines is 1. The molecule has 33 heavy (non-hydrogen) atoms. The number of hydrogen-bond acceptors (Lipinski definition) is 3. The topological polar surface area (TPSA) is 47.6 Å². The monoisotopic (exact) mass is 445 g/mol. The van der Waals surface area contributed by atoms with Gasteiger partial charge >= 0.3 is 0 Å². The van der Waals surface area contributed by atoms with Gasteiger partial charge in [-0.05, 0) is 60.9 Å². The van der Waals surface area contributed by atoms with Crippen molar-refractivity contribution in [2.75, 3.05) is 11.9 Å². The molecule has 3 rings (SSSR count). The van der Waals surface area contributed by atoms with Gasteiger partial charge in [-0.3, -0.25) is 4.79 Å². The SMILES string of the molecule is CCC(Oc1ccccc1C(C)CC)C(=O)Nc1ccccc1OCCCc1ccccc1. The second-order valence-electron chi connectivity index (χ2n) is 8.28. The maximum Gasteiger partial charge on any atom is 0.265 e. The normalized spacial score (nSPS) is 12.6. The van der Waals surface area contributed by atoms with E-state index in [2.05, 4.69) is 49.5 Å². The molecular formula is C29H35NO3. The Morgan fingerprint density at radius 2 is 1.52 bits per heavy atom. The zero-order chi connectivity index (χ0) is 23.5. The van der Waals surface area contributed by atoms with Crippen molar-refractivity contribution in [1.82, 2.24) is 0 Å². The lowest BCUT2D eigenvalue weighted by Gasteiger charge is -2.22. The lowest BCUT2D eigenvalue weighted by Crippen LogP contribution is -2.32. The van der Waals surface area contributed by atoms with Crippen molar-refractivity contribution in [2.24, 2.45) is 0 Å². The Morgan fingerprint density at radius 1 is 0.848 bits per heavy atom. The second-order valence-corrected chi connectivity index (χ2v) is 8.28. The number of amides is 1. The van der Waals surface area contributed by atoms with Crippen LogP contribution in [0.2, 0.25) is 0 Å². The van der Waals surface area contributed by atoms with Crippen LogP contribution in [0.5, 0.6) is 11.5 Å². The van der Waals surface area contributed by atoms with E-state index in [1.807, 2.05) is 55.5 Å². The van der Waals surface area contributed by atoms with Crippen LogP contribution in [0.3, 0.4) is 0 Å². The van der Waals surface area contributed by atoms with Gasteiger partial charge in [-0.1, -0.05) is 81.4 Å². The highest BCUT2D eigenvalue weighted by molar-refractivity contribution is 5.95. The fourth-order valence-electron chi connectivity index (χ4n) is 3.70. The van der Waals surface area contributed by atoms with Gasteiger partial charge in [0.25, 0.3) is 5.91 Å².